The van der Waals surface area contributed by atoms with Crippen molar-refractivity contribution in [3.05, 3.63) is 30.1 Å². The Morgan fingerprint density at radius 1 is 1.36 bits per heavy atom. The van der Waals surface area contributed by atoms with E-state index < -0.39 is 0 Å². The van der Waals surface area contributed by atoms with Gasteiger partial charge < -0.3 is 5.73 Å². The highest BCUT2D eigenvalue weighted by Crippen LogP contribution is 2.19. The molecule has 14 heavy (non-hydrogen) atoms. The van der Waals surface area contributed by atoms with Crippen LogP contribution in [0.15, 0.2) is 24.4 Å². The summed E-state index contributed by atoms with van der Waals surface area (Å²) in [4.78, 5) is 4.13. The van der Waals surface area contributed by atoms with Crippen LogP contribution in [0.5, 0.6) is 0 Å². The van der Waals surface area contributed by atoms with Gasteiger partial charge in [-0.25, -0.2) is 0 Å². The number of hydrogen-bond acceptors (Lipinski definition) is 3. The Bertz CT molecular complexity index is 439. The quantitative estimate of drug-likeness (QED) is 0.735. The third-order valence-electron chi connectivity index (χ3n) is 2.11. The largest absolute Gasteiger partial charge is 0.384 e. The molecule has 4 nitrogen and oxygen atoms in total. The van der Waals surface area contributed by atoms with E-state index in [4.69, 9.17) is 5.73 Å². The number of aryl methyl sites for hydroxylation is 2. The molecule has 72 valence electrons. The third-order valence-corrected chi connectivity index (χ3v) is 2.11. The molecule has 2 N–H and O–H groups in total. The van der Waals surface area contributed by atoms with Crippen LogP contribution in [0.25, 0.3) is 11.3 Å². The van der Waals surface area contributed by atoms with Crippen LogP contribution in [0, 0.1) is 6.92 Å². The van der Waals surface area contributed by atoms with E-state index >= 15 is 0 Å². The van der Waals surface area contributed by atoms with Crippen molar-refractivity contribution in [2.45, 2.75) is 6.92 Å². The van der Waals surface area contributed by atoms with Crippen LogP contribution in [0.3, 0.4) is 0 Å². The molecule has 0 fully saturated rings. The van der Waals surface area contributed by atoms with Gasteiger partial charge in [0.1, 0.15) is 5.82 Å². The Balaban J connectivity index is 2.49. The molecule has 0 unspecified atom stereocenters. The highest BCUT2D eigenvalue weighted by Gasteiger charge is 2.04. The minimum Gasteiger partial charge on any atom is -0.384 e. The summed E-state index contributed by atoms with van der Waals surface area (Å²) in [6.45, 7) is 1.95. The summed E-state index contributed by atoms with van der Waals surface area (Å²) in [6, 6.07) is 5.77. The fraction of sp³-hybridized carbons (Fsp3) is 0.200. The molecule has 0 aliphatic heterocycles. The molecule has 0 spiro atoms. The number of nitrogen functional groups attached to an aromatic ring is 1. The number of nitrogens with zero attached hydrogens (tertiary/aromatic N) is 3. The lowest BCUT2D eigenvalue weighted by Gasteiger charge is -1.96. The molecule has 2 heterocycles. The average Bonchev–Trinajstić information content (AvgIpc) is 2.47. The van der Waals surface area contributed by atoms with Gasteiger partial charge in [0.15, 0.2) is 0 Å². The first-order valence-corrected chi connectivity index (χ1v) is 4.39. The van der Waals surface area contributed by atoms with E-state index in [0.29, 0.717) is 5.82 Å². The number of hydrogen-bond donors (Lipinski definition) is 1. The van der Waals surface area contributed by atoms with E-state index in [2.05, 4.69) is 10.1 Å². The molecule has 0 aromatic carbocycles. The predicted octanol–water partition coefficient (Wildman–Crippen LogP) is 1.37. The molecule has 4 heteroatoms. The molecule has 2 rings (SSSR count). The molecule has 0 amide bonds. The Hall–Kier alpha value is -1.84. The number of rotatable bonds is 1. The maximum Gasteiger partial charge on any atom is 0.121 e. The van der Waals surface area contributed by atoms with Gasteiger partial charge in [-0.15, -0.1) is 0 Å². The van der Waals surface area contributed by atoms with Crippen LogP contribution in [-0.4, -0.2) is 14.8 Å². The summed E-state index contributed by atoms with van der Waals surface area (Å²) in [5, 5.41) is 4.29. The summed E-state index contributed by atoms with van der Waals surface area (Å²) < 4.78 is 1.66. The number of aromatic nitrogens is 3. The smallest absolute Gasteiger partial charge is 0.121 e. The Kier molecular flexibility index (Phi) is 1.96. The van der Waals surface area contributed by atoms with E-state index in [-0.39, 0.29) is 0 Å². The molecular weight excluding hydrogens is 176 g/mol. The first-order chi connectivity index (χ1) is 6.66. The highest BCUT2D eigenvalue weighted by atomic mass is 15.3. The van der Waals surface area contributed by atoms with Crippen LogP contribution in [-0.2, 0) is 7.05 Å². The summed E-state index contributed by atoms with van der Waals surface area (Å²) in [5.41, 5.74) is 8.61. The van der Waals surface area contributed by atoms with Crippen molar-refractivity contribution >= 4 is 5.82 Å². The Morgan fingerprint density at radius 3 is 2.71 bits per heavy atom. The lowest BCUT2D eigenvalue weighted by atomic mass is 10.2. The Labute approximate surface area is 82.4 Å². The summed E-state index contributed by atoms with van der Waals surface area (Å²) in [5.74, 6) is 0.662. The average molecular weight is 188 g/mol. The van der Waals surface area contributed by atoms with E-state index in [0.717, 1.165) is 17.0 Å². The minimum atomic E-state index is 0.662. The summed E-state index contributed by atoms with van der Waals surface area (Å²) >= 11 is 0. The summed E-state index contributed by atoms with van der Waals surface area (Å²) in [6.07, 6.45) is 1.77. The number of pyridine rings is 1. The second kappa shape index (κ2) is 3.14. The van der Waals surface area contributed by atoms with Gasteiger partial charge >= 0.3 is 0 Å². The van der Waals surface area contributed by atoms with Gasteiger partial charge in [0.25, 0.3) is 0 Å². The van der Waals surface area contributed by atoms with Gasteiger partial charge in [0.2, 0.25) is 0 Å². The molecule has 0 aliphatic rings. The number of nitrogens with two attached hydrogens (primary N) is 1. The zero-order valence-electron chi connectivity index (χ0n) is 8.23. The van der Waals surface area contributed by atoms with Gasteiger partial charge in [0.05, 0.1) is 5.69 Å². The first kappa shape index (κ1) is 8.74. The van der Waals surface area contributed by atoms with Gasteiger partial charge in [-0.3, -0.25) is 9.67 Å². The SMILES string of the molecule is Cc1cc(-c2cc(N)n(C)n2)ccn1. The van der Waals surface area contributed by atoms with Crippen molar-refractivity contribution < 1.29 is 0 Å². The molecule has 0 saturated heterocycles. The van der Waals surface area contributed by atoms with Crippen LogP contribution >= 0.6 is 0 Å². The van der Waals surface area contributed by atoms with Crippen LogP contribution in [0.1, 0.15) is 5.69 Å². The fourth-order valence-electron chi connectivity index (χ4n) is 1.33. The van der Waals surface area contributed by atoms with Crippen molar-refractivity contribution in [2.24, 2.45) is 7.05 Å². The van der Waals surface area contributed by atoms with Crippen molar-refractivity contribution in [1.29, 1.82) is 0 Å². The highest BCUT2D eigenvalue weighted by molar-refractivity contribution is 5.62. The Morgan fingerprint density at radius 2 is 2.14 bits per heavy atom. The summed E-state index contributed by atoms with van der Waals surface area (Å²) in [7, 11) is 1.83. The molecular formula is C10H12N4. The minimum absolute atomic E-state index is 0.662. The van der Waals surface area contributed by atoms with Crippen LogP contribution < -0.4 is 5.73 Å². The normalized spacial score (nSPS) is 10.4. The van der Waals surface area contributed by atoms with Crippen LogP contribution in [0.4, 0.5) is 5.82 Å². The third kappa shape index (κ3) is 1.46. The number of anilines is 1. The van der Waals surface area contributed by atoms with Gasteiger partial charge in [-0.05, 0) is 19.1 Å². The lowest BCUT2D eigenvalue weighted by molar-refractivity contribution is 0.782. The maximum absolute atomic E-state index is 5.70. The predicted molar refractivity (Wildman–Crippen MR) is 55.6 cm³/mol. The molecule has 2 aromatic rings. The van der Waals surface area contributed by atoms with Gasteiger partial charge in [0, 0.05) is 30.6 Å². The standard InChI is InChI=1S/C10H12N4/c1-7-5-8(3-4-12-7)9-6-10(11)14(2)13-9/h3-6H,11H2,1-2H3. The molecule has 0 saturated carbocycles. The van der Waals surface area contributed by atoms with E-state index in [9.17, 15) is 0 Å². The van der Waals surface area contributed by atoms with Crippen molar-refractivity contribution in [3.63, 3.8) is 0 Å². The molecule has 0 aliphatic carbocycles. The van der Waals surface area contributed by atoms with E-state index in [1.54, 1.807) is 10.9 Å². The zero-order valence-corrected chi connectivity index (χ0v) is 8.23. The van der Waals surface area contributed by atoms with Gasteiger partial charge in [-0.2, -0.15) is 5.10 Å². The second-order valence-electron chi connectivity index (χ2n) is 3.26. The van der Waals surface area contributed by atoms with Crippen LogP contribution in [0.2, 0.25) is 0 Å². The monoisotopic (exact) mass is 188 g/mol. The van der Waals surface area contributed by atoms with E-state index in [1.807, 2.05) is 32.2 Å². The zero-order chi connectivity index (χ0) is 10.1. The molecule has 0 bridgehead atoms. The first-order valence-electron chi connectivity index (χ1n) is 4.39. The maximum atomic E-state index is 5.70. The molecule has 0 radical (unpaired) electrons. The fourth-order valence-corrected chi connectivity index (χ4v) is 1.33. The van der Waals surface area contributed by atoms with Crippen molar-refractivity contribution in [1.82, 2.24) is 14.8 Å². The second-order valence-corrected chi connectivity index (χ2v) is 3.26. The van der Waals surface area contributed by atoms with Crippen molar-refractivity contribution in [2.75, 3.05) is 5.73 Å². The van der Waals surface area contributed by atoms with Crippen molar-refractivity contribution in [3.8, 4) is 11.3 Å². The van der Waals surface area contributed by atoms with E-state index in [1.165, 1.54) is 0 Å². The topological polar surface area (TPSA) is 56.7 Å². The van der Waals surface area contributed by atoms with Gasteiger partial charge in [-0.1, -0.05) is 0 Å². The molecule has 0 atom stereocenters. The molecule has 2 aromatic heterocycles. The lowest BCUT2D eigenvalue weighted by Crippen LogP contribution is -1.96.